The van der Waals surface area contributed by atoms with Crippen LogP contribution in [0.5, 0.6) is 5.75 Å². The molecule has 2 heterocycles. The van der Waals surface area contributed by atoms with Crippen molar-refractivity contribution in [3.63, 3.8) is 0 Å². The summed E-state index contributed by atoms with van der Waals surface area (Å²) in [6.45, 7) is 2.10. The van der Waals surface area contributed by atoms with Crippen molar-refractivity contribution in [2.24, 2.45) is 0 Å². The maximum Gasteiger partial charge on any atom is 0.185 e. The number of aromatic nitrogens is 3. The number of aryl methyl sites for hydroxylation is 1. The Labute approximate surface area is 174 Å². The van der Waals surface area contributed by atoms with E-state index in [1.165, 1.54) is 11.3 Å². The summed E-state index contributed by atoms with van der Waals surface area (Å²) in [4.78, 5) is 13.7. The number of benzene rings is 2. The van der Waals surface area contributed by atoms with Gasteiger partial charge in [0.2, 0.25) is 0 Å². The Bertz CT molecular complexity index is 1210. The standard InChI is InChI=1S/C20H17ClFN3O3S/c1-10-5-12(18-13(6-10)24-11(8-23-18)9-27-2)20-25-19-15(29-20)7-14(28-4-3-26)17(22)16(19)21/h5-8,26H,3-4,9H2,1-2H3. The number of rotatable bonds is 6. The molecule has 0 spiro atoms. The molecule has 0 bridgehead atoms. The van der Waals surface area contributed by atoms with Gasteiger partial charge in [0.15, 0.2) is 11.6 Å². The molecular formula is C20H17ClFN3O3S. The van der Waals surface area contributed by atoms with Crippen molar-refractivity contribution in [2.45, 2.75) is 13.5 Å². The van der Waals surface area contributed by atoms with Crippen LogP contribution in [0.3, 0.4) is 0 Å². The Morgan fingerprint density at radius 1 is 1.21 bits per heavy atom. The summed E-state index contributed by atoms with van der Waals surface area (Å²) >= 11 is 7.56. The molecule has 0 unspecified atom stereocenters. The molecule has 4 aromatic rings. The lowest BCUT2D eigenvalue weighted by atomic mass is 10.1. The number of halogens is 2. The second kappa shape index (κ2) is 8.16. The van der Waals surface area contributed by atoms with Gasteiger partial charge in [0.05, 0.1) is 40.8 Å². The summed E-state index contributed by atoms with van der Waals surface area (Å²) < 4.78 is 25.6. The van der Waals surface area contributed by atoms with Gasteiger partial charge in [-0.1, -0.05) is 11.6 Å². The van der Waals surface area contributed by atoms with Crippen LogP contribution in [0.25, 0.3) is 31.8 Å². The average Bonchev–Trinajstić information content (AvgIpc) is 3.13. The van der Waals surface area contributed by atoms with Crippen molar-refractivity contribution >= 4 is 44.2 Å². The molecule has 9 heteroatoms. The second-order valence-electron chi connectivity index (χ2n) is 6.42. The number of fused-ring (bicyclic) bond motifs is 2. The van der Waals surface area contributed by atoms with Gasteiger partial charge in [0.1, 0.15) is 22.2 Å². The van der Waals surface area contributed by atoms with E-state index >= 15 is 0 Å². The van der Waals surface area contributed by atoms with Crippen molar-refractivity contribution in [3.8, 4) is 16.3 Å². The van der Waals surface area contributed by atoms with Gasteiger partial charge in [-0.15, -0.1) is 11.3 Å². The first-order valence-corrected chi connectivity index (χ1v) is 9.99. The fourth-order valence-electron chi connectivity index (χ4n) is 3.04. The van der Waals surface area contributed by atoms with Gasteiger partial charge in [0, 0.05) is 18.7 Å². The molecule has 6 nitrogen and oxygen atoms in total. The van der Waals surface area contributed by atoms with Crippen LogP contribution >= 0.6 is 22.9 Å². The first-order chi connectivity index (χ1) is 14.0. The van der Waals surface area contributed by atoms with Crippen LogP contribution in [-0.2, 0) is 11.3 Å². The van der Waals surface area contributed by atoms with Gasteiger partial charge < -0.3 is 14.6 Å². The number of ether oxygens (including phenoxy) is 2. The summed E-state index contributed by atoms with van der Waals surface area (Å²) in [6, 6.07) is 5.47. The summed E-state index contributed by atoms with van der Waals surface area (Å²) in [7, 11) is 1.61. The van der Waals surface area contributed by atoms with E-state index in [0.29, 0.717) is 27.3 Å². The van der Waals surface area contributed by atoms with Crippen LogP contribution in [0, 0.1) is 12.7 Å². The lowest BCUT2D eigenvalue weighted by Crippen LogP contribution is -2.03. The number of aliphatic hydroxyl groups excluding tert-OH is 1. The third-order valence-electron chi connectivity index (χ3n) is 4.24. The number of hydrogen-bond donors (Lipinski definition) is 1. The zero-order valence-corrected chi connectivity index (χ0v) is 17.3. The molecule has 0 atom stereocenters. The van der Waals surface area contributed by atoms with E-state index in [4.69, 9.17) is 26.2 Å². The van der Waals surface area contributed by atoms with Gasteiger partial charge in [-0.3, -0.25) is 4.98 Å². The highest BCUT2D eigenvalue weighted by atomic mass is 35.5. The molecule has 1 N–H and O–H groups in total. The molecule has 0 amide bonds. The Morgan fingerprint density at radius 2 is 2.03 bits per heavy atom. The summed E-state index contributed by atoms with van der Waals surface area (Å²) in [5, 5.41) is 9.47. The van der Waals surface area contributed by atoms with E-state index in [0.717, 1.165) is 22.3 Å². The molecule has 0 fully saturated rings. The smallest absolute Gasteiger partial charge is 0.185 e. The largest absolute Gasteiger partial charge is 0.488 e. The number of hydrogen-bond acceptors (Lipinski definition) is 7. The van der Waals surface area contributed by atoms with Crippen LogP contribution in [0.15, 0.2) is 24.4 Å². The fourth-order valence-corrected chi connectivity index (χ4v) is 4.36. The van der Waals surface area contributed by atoms with Gasteiger partial charge in [0.25, 0.3) is 0 Å². The predicted octanol–water partition coefficient (Wildman–Crippen LogP) is 4.52. The van der Waals surface area contributed by atoms with Crippen molar-refractivity contribution in [1.29, 1.82) is 0 Å². The maximum absolute atomic E-state index is 14.5. The molecule has 0 saturated heterocycles. The van der Waals surface area contributed by atoms with Crippen LogP contribution in [-0.4, -0.2) is 40.4 Å². The Kier molecular flexibility index (Phi) is 5.60. The van der Waals surface area contributed by atoms with E-state index in [-0.39, 0.29) is 24.0 Å². The van der Waals surface area contributed by atoms with Gasteiger partial charge in [-0.05, 0) is 24.6 Å². The van der Waals surface area contributed by atoms with Crippen LogP contribution in [0.1, 0.15) is 11.3 Å². The van der Waals surface area contributed by atoms with E-state index in [1.807, 2.05) is 19.1 Å². The zero-order valence-electron chi connectivity index (χ0n) is 15.7. The SMILES string of the molecule is COCc1cnc2c(-c3nc4c(Cl)c(F)c(OCCO)cc4s3)cc(C)cc2n1. The highest BCUT2D eigenvalue weighted by molar-refractivity contribution is 7.21. The second-order valence-corrected chi connectivity index (χ2v) is 7.82. The fraction of sp³-hybridized carbons (Fsp3) is 0.250. The van der Waals surface area contributed by atoms with Crippen molar-refractivity contribution in [2.75, 3.05) is 20.3 Å². The average molecular weight is 434 g/mol. The highest BCUT2D eigenvalue weighted by Gasteiger charge is 2.19. The Morgan fingerprint density at radius 3 is 2.79 bits per heavy atom. The van der Waals surface area contributed by atoms with Gasteiger partial charge in [-0.25, -0.2) is 14.4 Å². The predicted molar refractivity (Wildman–Crippen MR) is 111 cm³/mol. The van der Waals surface area contributed by atoms with Crippen LogP contribution in [0.4, 0.5) is 4.39 Å². The van der Waals surface area contributed by atoms with Crippen LogP contribution in [0.2, 0.25) is 5.02 Å². The number of methoxy groups -OCH3 is 1. The number of thiazole rings is 1. The zero-order chi connectivity index (χ0) is 20.5. The number of nitrogens with zero attached hydrogens (tertiary/aromatic N) is 3. The third-order valence-corrected chi connectivity index (χ3v) is 5.63. The minimum atomic E-state index is -0.692. The Balaban J connectivity index is 1.88. The molecule has 0 aliphatic carbocycles. The van der Waals surface area contributed by atoms with Crippen LogP contribution < -0.4 is 4.74 Å². The first-order valence-electron chi connectivity index (χ1n) is 8.79. The molecule has 29 heavy (non-hydrogen) atoms. The summed E-state index contributed by atoms with van der Waals surface area (Å²) in [6.07, 6.45) is 1.67. The lowest BCUT2D eigenvalue weighted by molar-refractivity contribution is 0.181. The Hall–Kier alpha value is -2.39. The highest BCUT2D eigenvalue weighted by Crippen LogP contribution is 2.40. The molecule has 150 valence electrons. The molecule has 0 saturated carbocycles. The molecule has 0 radical (unpaired) electrons. The van der Waals surface area contributed by atoms with Crippen molar-refractivity contribution < 1.29 is 19.0 Å². The molecule has 4 rings (SSSR count). The topological polar surface area (TPSA) is 77.4 Å². The molecule has 0 aliphatic rings. The van der Waals surface area contributed by atoms with Gasteiger partial charge in [-0.2, -0.15) is 0 Å². The summed E-state index contributed by atoms with van der Waals surface area (Å²) in [5.74, 6) is -0.701. The monoisotopic (exact) mass is 433 g/mol. The minimum Gasteiger partial charge on any atom is -0.488 e. The lowest BCUT2D eigenvalue weighted by Gasteiger charge is -2.06. The van der Waals surface area contributed by atoms with Gasteiger partial charge >= 0.3 is 0 Å². The third kappa shape index (κ3) is 3.76. The normalized spacial score (nSPS) is 11.5. The van der Waals surface area contributed by atoms with E-state index in [2.05, 4.69) is 15.0 Å². The van der Waals surface area contributed by atoms with Crippen molar-refractivity contribution in [3.05, 3.63) is 46.5 Å². The molecule has 2 aromatic heterocycles. The van der Waals surface area contributed by atoms with Crippen molar-refractivity contribution in [1.82, 2.24) is 15.0 Å². The quantitative estimate of drug-likeness (QED) is 0.481. The molecule has 2 aromatic carbocycles. The maximum atomic E-state index is 14.5. The molecule has 0 aliphatic heterocycles. The first kappa shape index (κ1) is 19.9. The van der Waals surface area contributed by atoms with E-state index in [9.17, 15) is 4.39 Å². The number of aliphatic hydroxyl groups is 1. The minimum absolute atomic E-state index is 0.00940. The van der Waals surface area contributed by atoms with E-state index < -0.39 is 5.82 Å². The molecular weight excluding hydrogens is 417 g/mol. The summed E-state index contributed by atoms with van der Waals surface area (Å²) in [5.41, 5.74) is 4.32. The van der Waals surface area contributed by atoms with E-state index in [1.54, 1.807) is 19.4 Å².